The lowest BCUT2D eigenvalue weighted by Gasteiger charge is -2.11. The van der Waals surface area contributed by atoms with Gasteiger partial charge in [-0.1, -0.05) is 90.4 Å². The maximum atomic E-state index is 9.52. The van der Waals surface area contributed by atoms with Gasteiger partial charge >= 0.3 is 0 Å². The number of nitriles is 1. The Morgan fingerprint density at radius 1 is 0.406 bits per heavy atom. The van der Waals surface area contributed by atoms with Crippen molar-refractivity contribution >= 4 is 21.5 Å². The predicted octanol–water partition coefficient (Wildman–Crippen LogP) is 6.66. The molecule has 0 saturated carbocycles. The summed E-state index contributed by atoms with van der Waals surface area (Å²) in [7, 11) is 0. The third-order valence-corrected chi connectivity index (χ3v) is 5.36. The number of benzene rings is 5. The molecule has 0 unspecified atom stereocenters. The Labute approximate surface area is 187 Å². The summed E-state index contributed by atoms with van der Waals surface area (Å²) in [6.45, 7) is 0. The molecule has 0 radical (unpaired) electrons. The number of rotatable bonds is 0. The fourth-order valence-electron chi connectivity index (χ4n) is 3.83. The molecule has 1 heteroatoms. The standard InChI is InChI=1S/C31H17N/c32-22-25-17-20-30-28(18-15-23-9-3-1-4-10-23)26-13-7-8-14-27(26)29(31(30)21-25)19-16-24-11-5-2-6-12-24/h1-14,17,20-21H. The summed E-state index contributed by atoms with van der Waals surface area (Å²) in [6, 6.07) is 36.1. The normalized spacial score (nSPS) is 9.97. The Kier molecular flexibility index (Phi) is 5.12. The number of hydrogen-bond donors (Lipinski definition) is 0. The van der Waals surface area contributed by atoms with Crippen molar-refractivity contribution in [1.29, 1.82) is 5.26 Å². The average Bonchev–Trinajstić information content (AvgIpc) is 2.87. The molecular formula is C31H17N. The Balaban J connectivity index is 1.84. The SMILES string of the molecule is N#Cc1ccc2c(C#Cc3ccccc3)c3ccccc3c(C#Cc3ccccc3)c2c1. The van der Waals surface area contributed by atoms with E-state index in [4.69, 9.17) is 0 Å². The van der Waals surface area contributed by atoms with E-state index in [1.165, 1.54) is 0 Å². The Bertz CT molecular complexity index is 1610. The molecule has 0 atom stereocenters. The molecule has 5 rings (SSSR count). The van der Waals surface area contributed by atoms with Crippen LogP contribution in [0.5, 0.6) is 0 Å². The van der Waals surface area contributed by atoms with Crippen molar-refractivity contribution < 1.29 is 0 Å². The topological polar surface area (TPSA) is 23.8 Å². The zero-order valence-corrected chi connectivity index (χ0v) is 17.3. The minimum Gasteiger partial charge on any atom is -0.192 e. The second kappa shape index (κ2) is 8.53. The quantitative estimate of drug-likeness (QED) is 0.209. The van der Waals surface area contributed by atoms with Gasteiger partial charge in [0.25, 0.3) is 0 Å². The molecule has 0 amide bonds. The van der Waals surface area contributed by atoms with Crippen molar-refractivity contribution in [2.45, 2.75) is 0 Å². The van der Waals surface area contributed by atoms with E-state index in [1.54, 1.807) is 0 Å². The fourth-order valence-corrected chi connectivity index (χ4v) is 3.83. The zero-order chi connectivity index (χ0) is 21.8. The molecule has 0 spiro atoms. The zero-order valence-electron chi connectivity index (χ0n) is 17.3. The molecule has 0 aliphatic rings. The largest absolute Gasteiger partial charge is 0.192 e. The average molecular weight is 403 g/mol. The lowest BCUT2D eigenvalue weighted by Crippen LogP contribution is -1.91. The van der Waals surface area contributed by atoms with Crippen LogP contribution in [0.2, 0.25) is 0 Å². The third-order valence-electron chi connectivity index (χ3n) is 5.36. The van der Waals surface area contributed by atoms with Gasteiger partial charge in [-0.25, -0.2) is 0 Å². The smallest absolute Gasteiger partial charge is 0.0991 e. The fraction of sp³-hybridized carbons (Fsp3) is 0. The molecule has 146 valence electrons. The first kappa shape index (κ1) is 19.2. The monoisotopic (exact) mass is 403 g/mol. The summed E-state index contributed by atoms with van der Waals surface area (Å²) < 4.78 is 0. The van der Waals surface area contributed by atoms with Gasteiger partial charge in [0.1, 0.15) is 0 Å². The summed E-state index contributed by atoms with van der Waals surface area (Å²) in [4.78, 5) is 0. The van der Waals surface area contributed by atoms with Gasteiger partial charge in [-0.3, -0.25) is 0 Å². The first-order valence-corrected chi connectivity index (χ1v) is 10.4. The van der Waals surface area contributed by atoms with Crippen molar-refractivity contribution in [2.24, 2.45) is 0 Å². The second-order valence-electron chi connectivity index (χ2n) is 7.40. The van der Waals surface area contributed by atoms with Gasteiger partial charge in [0, 0.05) is 27.6 Å². The van der Waals surface area contributed by atoms with Crippen molar-refractivity contribution in [3.05, 3.63) is 131 Å². The van der Waals surface area contributed by atoms with Crippen LogP contribution in [0.4, 0.5) is 0 Å². The van der Waals surface area contributed by atoms with Gasteiger partial charge in [-0.05, 0) is 52.6 Å². The molecule has 0 heterocycles. The van der Waals surface area contributed by atoms with Crippen molar-refractivity contribution in [3.63, 3.8) is 0 Å². The lowest BCUT2D eigenvalue weighted by molar-refractivity contribution is 1.49. The summed E-state index contributed by atoms with van der Waals surface area (Å²) in [5, 5.41) is 13.6. The van der Waals surface area contributed by atoms with Crippen LogP contribution in [-0.2, 0) is 0 Å². The molecule has 5 aromatic carbocycles. The van der Waals surface area contributed by atoms with Gasteiger partial charge in [0.05, 0.1) is 11.6 Å². The molecule has 0 fully saturated rings. The molecule has 5 aromatic rings. The molecule has 32 heavy (non-hydrogen) atoms. The summed E-state index contributed by atoms with van der Waals surface area (Å²) in [6.07, 6.45) is 0. The van der Waals surface area contributed by atoms with Crippen LogP contribution >= 0.6 is 0 Å². The maximum Gasteiger partial charge on any atom is 0.0991 e. The van der Waals surface area contributed by atoms with E-state index in [2.05, 4.69) is 41.9 Å². The minimum absolute atomic E-state index is 0.609. The van der Waals surface area contributed by atoms with E-state index in [9.17, 15) is 5.26 Å². The predicted molar refractivity (Wildman–Crippen MR) is 131 cm³/mol. The van der Waals surface area contributed by atoms with Gasteiger partial charge in [-0.15, -0.1) is 0 Å². The molecule has 0 saturated heterocycles. The number of hydrogen-bond acceptors (Lipinski definition) is 1. The van der Waals surface area contributed by atoms with Crippen LogP contribution < -0.4 is 0 Å². The second-order valence-corrected chi connectivity index (χ2v) is 7.40. The molecule has 0 bridgehead atoms. The first-order valence-electron chi connectivity index (χ1n) is 10.4. The minimum atomic E-state index is 0.609. The van der Waals surface area contributed by atoms with Crippen LogP contribution in [0.1, 0.15) is 27.8 Å². The molecule has 0 aliphatic carbocycles. The number of fused-ring (bicyclic) bond motifs is 2. The molecule has 0 aliphatic heterocycles. The van der Waals surface area contributed by atoms with Crippen LogP contribution in [0.15, 0.2) is 103 Å². The van der Waals surface area contributed by atoms with Crippen LogP contribution in [0.3, 0.4) is 0 Å². The van der Waals surface area contributed by atoms with Gasteiger partial charge < -0.3 is 0 Å². The van der Waals surface area contributed by atoms with Crippen LogP contribution in [-0.4, -0.2) is 0 Å². The molecule has 0 aromatic heterocycles. The van der Waals surface area contributed by atoms with E-state index in [1.807, 2.05) is 91.0 Å². The molecule has 0 N–H and O–H groups in total. The lowest BCUT2D eigenvalue weighted by atomic mass is 9.91. The van der Waals surface area contributed by atoms with Gasteiger partial charge in [0.15, 0.2) is 0 Å². The highest BCUT2D eigenvalue weighted by molar-refractivity contribution is 6.10. The molecule has 1 nitrogen and oxygen atoms in total. The van der Waals surface area contributed by atoms with Gasteiger partial charge in [-0.2, -0.15) is 5.26 Å². The highest BCUT2D eigenvalue weighted by atomic mass is 14.2. The van der Waals surface area contributed by atoms with E-state index in [-0.39, 0.29) is 0 Å². The Morgan fingerprint density at radius 3 is 1.41 bits per heavy atom. The van der Waals surface area contributed by atoms with E-state index in [0.29, 0.717) is 5.56 Å². The van der Waals surface area contributed by atoms with Crippen molar-refractivity contribution in [1.82, 2.24) is 0 Å². The Morgan fingerprint density at radius 2 is 0.875 bits per heavy atom. The van der Waals surface area contributed by atoms with Crippen LogP contribution in [0, 0.1) is 35.0 Å². The summed E-state index contributed by atoms with van der Waals surface area (Å²) in [5.41, 5.74) is 4.40. The molecular weight excluding hydrogens is 386 g/mol. The first-order chi connectivity index (χ1) is 15.8. The Hall–Kier alpha value is -4.77. The van der Waals surface area contributed by atoms with Crippen LogP contribution in [0.25, 0.3) is 21.5 Å². The van der Waals surface area contributed by atoms with Crippen molar-refractivity contribution in [3.8, 4) is 29.8 Å². The van der Waals surface area contributed by atoms with Crippen molar-refractivity contribution in [2.75, 3.05) is 0 Å². The third kappa shape index (κ3) is 3.70. The summed E-state index contributed by atoms with van der Waals surface area (Å²) in [5.74, 6) is 13.4. The number of nitrogens with zero attached hydrogens (tertiary/aromatic N) is 1. The highest BCUT2D eigenvalue weighted by Crippen LogP contribution is 2.33. The maximum absolute atomic E-state index is 9.52. The van der Waals surface area contributed by atoms with E-state index < -0.39 is 0 Å². The van der Waals surface area contributed by atoms with E-state index >= 15 is 0 Å². The summed E-state index contributed by atoms with van der Waals surface area (Å²) >= 11 is 0. The highest BCUT2D eigenvalue weighted by Gasteiger charge is 2.12. The van der Waals surface area contributed by atoms with Gasteiger partial charge in [0.2, 0.25) is 0 Å². The van der Waals surface area contributed by atoms with E-state index in [0.717, 1.165) is 43.8 Å².